The van der Waals surface area contributed by atoms with Crippen LogP contribution in [-0.2, 0) is 9.53 Å². The highest BCUT2D eigenvalue weighted by atomic mass is 127. The molecule has 10 heteroatoms. The van der Waals surface area contributed by atoms with Gasteiger partial charge in [-0.05, 0) is 77.9 Å². The monoisotopic (exact) mass is 654 g/mol. The molecule has 1 aromatic heterocycles. The summed E-state index contributed by atoms with van der Waals surface area (Å²) in [6, 6.07) is 10.2. The van der Waals surface area contributed by atoms with Crippen molar-refractivity contribution < 1.29 is 19.4 Å². The fourth-order valence-electron chi connectivity index (χ4n) is 3.74. The summed E-state index contributed by atoms with van der Waals surface area (Å²) >= 11 is 6.69. The Balaban J connectivity index is 1.95. The molecule has 1 aliphatic heterocycles. The lowest BCUT2D eigenvalue weighted by Gasteiger charge is -2.24. The van der Waals surface area contributed by atoms with Crippen molar-refractivity contribution in [2.45, 2.75) is 19.9 Å². The average molecular weight is 655 g/mol. The minimum absolute atomic E-state index is 0.0478. The van der Waals surface area contributed by atoms with Gasteiger partial charge in [-0.1, -0.05) is 39.4 Å². The van der Waals surface area contributed by atoms with Crippen molar-refractivity contribution >= 4 is 61.9 Å². The predicted molar refractivity (Wildman–Crippen MR) is 142 cm³/mol. The molecule has 176 valence electrons. The van der Waals surface area contributed by atoms with Crippen LogP contribution in [0.15, 0.2) is 61.9 Å². The van der Waals surface area contributed by atoms with Crippen LogP contribution in [0.4, 0.5) is 0 Å². The first-order valence-corrected chi connectivity index (χ1v) is 13.0. The summed E-state index contributed by atoms with van der Waals surface area (Å²) in [5, 5.41) is 10.1. The van der Waals surface area contributed by atoms with Crippen molar-refractivity contribution in [3.05, 3.63) is 86.5 Å². The molecule has 0 saturated heterocycles. The molecule has 34 heavy (non-hydrogen) atoms. The minimum atomic E-state index is -0.667. The molecule has 0 saturated carbocycles. The Labute approximate surface area is 221 Å². The van der Waals surface area contributed by atoms with Gasteiger partial charge in [-0.15, -0.1) is 0 Å². The van der Waals surface area contributed by atoms with Crippen molar-refractivity contribution in [2.24, 2.45) is 4.99 Å². The van der Waals surface area contributed by atoms with Gasteiger partial charge in [0.15, 0.2) is 16.3 Å². The molecule has 0 bridgehead atoms. The van der Waals surface area contributed by atoms with E-state index in [4.69, 9.17) is 9.47 Å². The third kappa shape index (κ3) is 4.58. The molecule has 1 atom stereocenters. The molecule has 2 aromatic carbocycles. The molecular formula is C24H20BrIN2O5S. The second kappa shape index (κ2) is 10.0. The highest BCUT2D eigenvalue weighted by molar-refractivity contribution is 14.1. The number of fused-ring (bicyclic) bond motifs is 1. The van der Waals surface area contributed by atoms with Crippen LogP contribution < -0.4 is 19.6 Å². The smallest absolute Gasteiger partial charge is 0.338 e. The number of phenols is 1. The number of rotatable bonds is 5. The minimum Gasteiger partial charge on any atom is -0.504 e. The van der Waals surface area contributed by atoms with Gasteiger partial charge in [-0.25, -0.2) is 9.79 Å². The number of aromatic hydroxyl groups is 1. The number of halogens is 2. The van der Waals surface area contributed by atoms with Crippen molar-refractivity contribution in [3.63, 3.8) is 0 Å². The third-order valence-corrected chi connectivity index (χ3v) is 7.61. The number of hydrogen-bond donors (Lipinski definition) is 1. The summed E-state index contributed by atoms with van der Waals surface area (Å²) in [6.07, 6.45) is 1.73. The van der Waals surface area contributed by atoms with E-state index in [2.05, 4.69) is 20.9 Å². The van der Waals surface area contributed by atoms with E-state index in [1.807, 2.05) is 46.9 Å². The third-order valence-electron chi connectivity index (χ3n) is 5.27. The summed E-state index contributed by atoms with van der Waals surface area (Å²) in [7, 11) is 1.47. The number of thiazole rings is 1. The molecule has 0 spiro atoms. The Morgan fingerprint density at radius 2 is 2.03 bits per heavy atom. The zero-order valence-corrected chi connectivity index (χ0v) is 23.0. The molecular weight excluding hydrogens is 635 g/mol. The van der Waals surface area contributed by atoms with Crippen LogP contribution in [0, 0.1) is 3.57 Å². The van der Waals surface area contributed by atoms with Crippen molar-refractivity contribution in [2.75, 3.05) is 13.7 Å². The zero-order valence-electron chi connectivity index (χ0n) is 18.5. The lowest BCUT2D eigenvalue weighted by Crippen LogP contribution is -2.39. The number of benzene rings is 2. The van der Waals surface area contributed by atoms with Crippen molar-refractivity contribution in [1.29, 1.82) is 0 Å². The normalized spacial score (nSPS) is 15.7. The van der Waals surface area contributed by atoms with Gasteiger partial charge in [0, 0.05) is 4.47 Å². The van der Waals surface area contributed by atoms with Crippen LogP contribution in [0.3, 0.4) is 0 Å². The standard InChI is InChI=1S/C24H20BrIN2O5S/c1-4-33-23(31)19-12(2)27-24-28(20(19)14-5-7-15(25)8-6-14)22(30)18(34-24)11-13-9-16(26)21(29)17(10-13)32-3/h5-11,20,29H,4H2,1-3H3/b18-11+. The number of nitrogens with zero attached hydrogens (tertiary/aromatic N) is 2. The van der Waals surface area contributed by atoms with E-state index in [9.17, 15) is 14.7 Å². The topological polar surface area (TPSA) is 90.1 Å². The highest BCUT2D eigenvalue weighted by Crippen LogP contribution is 2.33. The molecule has 1 aliphatic rings. The van der Waals surface area contributed by atoms with Crippen LogP contribution in [-0.4, -0.2) is 29.4 Å². The van der Waals surface area contributed by atoms with Crippen LogP contribution in [0.1, 0.15) is 31.0 Å². The van der Waals surface area contributed by atoms with E-state index < -0.39 is 12.0 Å². The van der Waals surface area contributed by atoms with E-state index in [1.165, 1.54) is 18.4 Å². The van der Waals surface area contributed by atoms with Gasteiger partial charge in [0.05, 0.1) is 39.1 Å². The lowest BCUT2D eigenvalue weighted by atomic mass is 9.96. The number of carbonyl (C=O) groups excluding carboxylic acids is 1. The maximum Gasteiger partial charge on any atom is 0.338 e. The molecule has 0 fully saturated rings. The summed E-state index contributed by atoms with van der Waals surface area (Å²) in [6.45, 7) is 3.71. The van der Waals surface area contributed by atoms with E-state index in [0.717, 1.165) is 10.0 Å². The van der Waals surface area contributed by atoms with Gasteiger partial charge in [0.2, 0.25) is 0 Å². The quantitative estimate of drug-likeness (QED) is 0.333. The maximum absolute atomic E-state index is 13.6. The van der Waals surface area contributed by atoms with E-state index >= 15 is 0 Å². The van der Waals surface area contributed by atoms with Crippen LogP contribution >= 0.6 is 49.9 Å². The Bertz CT molecular complexity index is 1490. The van der Waals surface area contributed by atoms with Gasteiger partial charge in [-0.2, -0.15) is 0 Å². The number of phenolic OH excluding ortho intramolecular Hbond substituents is 1. The second-order valence-corrected chi connectivity index (χ2v) is 10.5. The van der Waals surface area contributed by atoms with Gasteiger partial charge in [-0.3, -0.25) is 9.36 Å². The molecule has 2 heterocycles. The summed E-state index contributed by atoms with van der Waals surface area (Å²) in [5.41, 5.74) is 2.05. The Morgan fingerprint density at radius 3 is 2.68 bits per heavy atom. The van der Waals surface area contributed by atoms with Gasteiger partial charge >= 0.3 is 5.97 Å². The highest BCUT2D eigenvalue weighted by Gasteiger charge is 2.33. The van der Waals surface area contributed by atoms with E-state index in [0.29, 0.717) is 35.5 Å². The first-order chi connectivity index (χ1) is 16.2. The van der Waals surface area contributed by atoms with E-state index in [1.54, 1.807) is 36.6 Å². The molecule has 0 amide bonds. The first-order valence-electron chi connectivity index (χ1n) is 10.3. The summed E-state index contributed by atoms with van der Waals surface area (Å²) in [4.78, 5) is 31.6. The molecule has 3 aromatic rings. The van der Waals surface area contributed by atoms with Crippen molar-refractivity contribution in [1.82, 2.24) is 4.57 Å². The second-order valence-electron chi connectivity index (χ2n) is 7.41. The summed E-state index contributed by atoms with van der Waals surface area (Å²) < 4.78 is 14.0. The maximum atomic E-state index is 13.6. The SMILES string of the molecule is CCOC(=O)C1=C(C)N=c2s/c(=C/c3cc(I)c(O)c(OC)c3)c(=O)n2C1c1ccc(Br)cc1. The van der Waals surface area contributed by atoms with Gasteiger partial charge in [0.25, 0.3) is 5.56 Å². The molecule has 4 rings (SSSR count). The lowest BCUT2D eigenvalue weighted by molar-refractivity contribution is -0.139. The van der Waals surface area contributed by atoms with E-state index in [-0.39, 0.29) is 17.9 Å². The number of ether oxygens (including phenoxy) is 2. The largest absolute Gasteiger partial charge is 0.504 e. The fraction of sp³-hybridized carbons (Fsp3) is 0.208. The molecule has 1 unspecified atom stereocenters. The Hall–Kier alpha value is -2.44. The average Bonchev–Trinajstić information content (AvgIpc) is 3.10. The van der Waals surface area contributed by atoms with Crippen molar-refractivity contribution in [3.8, 4) is 11.5 Å². The number of aromatic nitrogens is 1. The van der Waals surface area contributed by atoms with Crippen LogP contribution in [0.2, 0.25) is 0 Å². The fourth-order valence-corrected chi connectivity index (χ4v) is 5.67. The predicted octanol–water partition coefficient (Wildman–Crippen LogP) is 3.88. The molecule has 1 N–H and O–H groups in total. The Morgan fingerprint density at radius 1 is 1.32 bits per heavy atom. The number of carbonyl (C=O) groups is 1. The number of methoxy groups -OCH3 is 1. The summed E-state index contributed by atoms with van der Waals surface area (Å²) in [5.74, 6) is -0.130. The van der Waals surface area contributed by atoms with Gasteiger partial charge < -0.3 is 14.6 Å². The van der Waals surface area contributed by atoms with Crippen LogP contribution in [0.5, 0.6) is 11.5 Å². The number of allylic oxidation sites excluding steroid dienone is 1. The molecule has 0 radical (unpaired) electrons. The zero-order chi connectivity index (χ0) is 24.6. The molecule has 7 nitrogen and oxygen atoms in total. The first kappa shape index (κ1) is 24.7. The molecule has 0 aliphatic carbocycles. The van der Waals surface area contributed by atoms with Crippen LogP contribution in [0.25, 0.3) is 6.08 Å². The number of esters is 1. The Kier molecular flexibility index (Phi) is 7.29. The van der Waals surface area contributed by atoms with Gasteiger partial charge in [0.1, 0.15) is 0 Å². The number of hydrogen-bond acceptors (Lipinski definition) is 7.